The predicted molar refractivity (Wildman–Crippen MR) is 62.7 cm³/mol. The molecule has 0 unspecified atom stereocenters. The Bertz CT molecular complexity index is 523. The molecule has 0 spiro atoms. The summed E-state index contributed by atoms with van der Waals surface area (Å²) in [5.74, 6) is -0.605. The van der Waals surface area contributed by atoms with Gasteiger partial charge in [-0.3, -0.25) is 0 Å². The molecule has 0 saturated heterocycles. The van der Waals surface area contributed by atoms with Crippen LogP contribution in [0.4, 0.5) is 0 Å². The van der Waals surface area contributed by atoms with Gasteiger partial charge in [-0.15, -0.1) is 0 Å². The first-order valence-electron chi connectivity index (χ1n) is 4.27. The molecule has 0 fully saturated rings. The second kappa shape index (κ2) is 4.52. The summed E-state index contributed by atoms with van der Waals surface area (Å²) in [6.07, 6.45) is 0.949. The quantitative estimate of drug-likeness (QED) is 0.876. The number of carboxylic acid groups (broad SMARTS) is 1. The number of oxazole rings is 1. The van der Waals surface area contributed by atoms with Gasteiger partial charge in [0.15, 0.2) is 5.69 Å². The summed E-state index contributed by atoms with van der Waals surface area (Å²) in [6.45, 7) is 0. The summed E-state index contributed by atoms with van der Waals surface area (Å²) in [4.78, 5) is 14.2. The summed E-state index contributed by atoms with van der Waals surface area (Å²) in [5, 5.41) is 8.63. The number of hydrogen-bond acceptors (Lipinski definition) is 4. The van der Waals surface area contributed by atoms with Gasteiger partial charge >= 0.3 is 12.0 Å². The van der Waals surface area contributed by atoms with Gasteiger partial charge in [0.25, 0.3) is 0 Å². The molecule has 1 aromatic heterocycles. The number of carboxylic acids is 1. The SMILES string of the molecule is O=C(O)c1coc(Oc2cccc(I)c2)n1. The third kappa shape index (κ3) is 2.51. The molecule has 1 aromatic carbocycles. The number of carbonyl (C=O) groups is 1. The number of hydrogen-bond donors (Lipinski definition) is 1. The average Bonchev–Trinajstić information content (AvgIpc) is 2.66. The third-order valence-electron chi connectivity index (χ3n) is 1.70. The van der Waals surface area contributed by atoms with Crippen LogP contribution in [0.5, 0.6) is 11.8 Å². The van der Waals surface area contributed by atoms with Gasteiger partial charge in [-0.05, 0) is 40.8 Å². The van der Waals surface area contributed by atoms with Crippen molar-refractivity contribution in [3.63, 3.8) is 0 Å². The molecule has 0 atom stereocenters. The zero-order valence-electron chi connectivity index (χ0n) is 7.88. The van der Waals surface area contributed by atoms with E-state index in [0.29, 0.717) is 5.75 Å². The number of benzene rings is 1. The topological polar surface area (TPSA) is 72.6 Å². The van der Waals surface area contributed by atoms with Gasteiger partial charge in [-0.25, -0.2) is 4.79 Å². The fourth-order valence-corrected chi connectivity index (χ4v) is 1.55. The number of ether oxygens (including phenoxy) is 1. The van der Waals surface area contributed by atoms with Gasteiger partial charge in [0.1, 0.15) is 12.0 Å². The molecular weight excluding hydrogens is 325 g/mol. The van der Waals surface area contributed by atoms with E-state index in [1.54, 1.807) is 12.1 Å². The molecule has 0 amide bonds. The Morgan fingerprint density at radius 1 is 1.50 bits per heavy atom. The summed E-state index contributed by atoms with van der Waals surface area (Å²) < 4.78 is 11.1. The van der Waals surface area contributed by atoms with Crippen LogP contribution >= 0.6 is 22.6 Å². The van der Waals surface area contributed by atoms with Crippen molar-refractivity contribution in [2.45, 2.75) is 0 Å². The minimum Gasteiger partial charge on any atom is -0.476 e. The maximum atomic E-state index is 10.5. The van der Waals surface area contributed by atoms with Crippen molar-refractivity contribution in [1.29, 1.82) is 0 Å². The third-order valence-corrected chi connectivity index (χ3v) is 2.37. The van der Waals surface area contributed by atoms with E-state index in [2.05, 4.69) is 27.6 Å². The lowest BCUT2D eigenvalue weighted by Crippen LogP contribution is -1.95. The van der Waals surface area contributed by atoms with Gasteiger partial charge in [0.2, 0.25) is 0 Å². The Morgan fingerprint density at radius 3 is 2.94 bits per heavy atom. The Kier molecular flexibility index (Phi) is 3.09. The zero-order chi connectivity index (χ0) is 11.5. The number of aromatic nitrogens is 1. The van der Waals surface area contributed by atoms with Crippen LogP contribution in [-0.2, 0) is 0 Å². The molecule has 2 aromatic rings. The van der Waals surface area contributed by atoms with Crippen molar-refractivity contribution in [1.82, 2.24) is 4.98 Å². The summed E-state index contributed by atoms with van der Waals surface area (Å²) in [5.41, 5.74) is -0.180. The Labute approximate surface area is 104 Å². The van der Waals surface area contributed by atoms with Crippen molar-refractivity contribution in [3.05, 3.63) is 39.8 Å². The molecule has 1 heterocycles. The molecule has 6 heteroatoms. The maximum Gasteiger partial charge on any atom is 0.399 e. The van der Waals surface area contributed by atoms with Crippen molar-refractivity contribution in [3.8, 4) is 11.8 Å². The van der Waals surface area contributed by atoms with E-state index < -0.39 is 5.97 Å². The van der Waals surface area contributed by atoms with E-state index in [1.165, 1.54) is 0 Å². The monoisotopic (exact) mass is 331 g/mol. The largest absolute Gasteiger partial charge is 0.476 e. The van der Waals surface area contributed by atoms with Crippen LogP contribution < -0.4 is 4.74 Å². The molecule has 0 aliphatic heterocycles. The lowest BCUT2D eigenvalue weighted by molar-refractivity contribution is 0.0690. The zero-order valence-corrected chi connectivity index (χ0v) is 10.0. The second-order valence-electron chi connectivity index (χ2n) is 2.86. The van der Waals surface area contributed by atoms with E-state index in [9.17, 15) is 4.79 Å². The highest BCUT2D eigenvalue weighted by Gasteiger charge is 2.11. The van der Waals surface area contributed by atoms with Crippen LogP contribution in [0.25, 0.3) is 0 Å². The normalized spacial score (nSPS) is 10.1. The van der Waals surface area contributed by atoms with Crippen LogP contribution in [0.1, 0.15) is 10.5 Å². The lowest BCUT2D eigenvalue weighted by atomic mass is 10.3. The molecule has 5 nitrogen and oxygen atoms in total. The van der Waals surface area contributed by atoms with Crippen LogP contribution in [0, 0.1) is 3.57 Å². The van der Waals surface area contributed by atoms with Crippen LogP contribution in [-0.4, -0.2) is 16.1 Å². The van der Waals surface area contributed by atoms with Gasteiger partial charge in [-0.1, -0.05) is 6.07 Å². The molecule has 0 saturated carbocycles. The van der Waals surface area contributed by atoms with Crippen molar-refractivity contribution in [2.75, 3.05) is 0 Å². The highest BCUT2D eigenvalue weighted by atomic mass is 127. The van der Waals surface area contributed by atoms with Crippen molar-refractivity contribution in [2.24, 2.45) is 0 Å². The maximum absolute atomic E-state index is 10.5. The Morgan fingerprint density at radius 2 is 2.31 bits per heavy atom. The lowest BCUT2D eigenvalue weighted by Gasteiger charge is -1.99. The molecule has 16 heavy (non-hydrogen) atoms. The highest BCUT2D eigenvalue weighted by molar-refractivity contribution is 14.1. The van der Waals surface area contributed by atoms with Gasteiger partial charge in [-0.2, -0.15) is 4.98 Å². The first-order valence-corrected chi connectivity index (χ1v) is 5.35. The standard InChI is InChI=1S/C10H6INO4/c11-6-2-1-3-7(4-6)16-10-12-8(5-15-10)9(13)14/h1-5H,(H,13,14). The van der Waals surface area contributed by atoms with E-state index in [1.807, 2.05) is 12.1 Å². The number of halogens is 1. The van der Waals surface area contributed by atoms with Crippen molar-refractivity contribution >= 4 is 28.6 Å². The molecule has 0 aliphatic carbocycles. The van der Waals surface area contributed by atoms with E-state index >= 15 is 0 Å². The van der Waals surface area contributed by atoms with Gasteiger partial charge in [0, 0.05) is 3.57 Å². The summed E-state index contributed by atoms with van der Waals surface area (Å²) in [7, 11) is 0. The van der Waals surface area contributed by atoms with E-state index in [-0.39, 0.29) is 11.8 Å². The fourth-order valence-electron chi connectivity index (χ4n) is 1.03. The van der Waals surface area contributed by atoms with E-state index in [4.69, 9.17) is 14.3 Å². The Hall–Kier alpha value is -1.57. The van der Waals surface area contributed by atoms with Crippen LogP contribution in [0.2, 0.25) is 0 Å². The molecule has 0 aliphatic rings. The predicted octanol–water partition coefficient (Wildman–Crippen LogP) is 2.77. The minimum atomic E-state index is -1.15. The Balaban J connectivity index is 2.17. The number of rotatable bonds is 3. The molecular formula is C10H6INO4. The number of nitrogens with zero attached hydrogens (tertiary/aromatic N) is 1. The summed E-state index contributed by atoms with van der Waals surface area (Å²) >= 11 is 2.14. The van der Waals surface area contributed by atoms with Crippen LogP contribution in [0.3, 0.4) is 0 Å². The molecule has 1 N–H and O–H groups in total. The highest BCUT2D eigenvalue weighted by Crippen LogP contribution is 2.22. The smallest absolute Gasteiger partial charge is 0.399 e. The van der Waals surface area contributed by atoms with Gasteiger partial charge in [0.05, 0.1) is 0 Å². The minimum absolute atomic E-state index is 0.0839. The number of aromatic carboxylic acids is 1. The first-order chi connectivity index (χ1) is 7.65. The molecule has 82 valence electrons. The van der Waals surface area contributed by atoms with Crippen molar-refractivity contribution < 1.29 is 19.1 Å². The fraction of sp³-hybridized carbons (Fsp3) is 0. The van der Waals surface area contributed by atoms with Gasteiger partial charge < -0.3 is 14.3 Å². The van der Waals surface area contributed by atoms with Crippen LogP contribution in [0.15, 0.2) is 34.9 Å². The van der Waals surface area contributed by atoms with E-state index in [0.717, 1.165) is 9.83 Å². The summed E-state index contributed by atoms with van der Waals surface area (Å²) in [6, 6.07) is 7.24. The molecule has 0 radical (unpaired) electrons. The second-order valence-corrected chi connectivity index (χ2v) is 4.11. The molecule has 0 bridgehead atoms. The first kappa shape index (κ1) is 10.9. The molecule has 2 rings (SSSR count). The average molecular weight is 331 g/mol.